The molecule has 88 valence electrons. The van der Waals surface area contributed by atoms with Gasteiger partial charge in [0.1, 0.15) is 5.82 Å². The fraction of sp³-hybridized carbons (Fsp3) is 0.538. The Morgan fingerprint density at radius 2 is 2.18 bits per heavy atom. The van der Waals surface area contributed by atoms with E-state index >= 15 is 0 Å². The molecule has 2 aliphatic rings. The van der Waals surface area contributed by atoms with Crippen molar-refractivity contribution < 1.29 is 0 Å². The van der Waals surface area contributed by atoms with Gasteiger partial charge in [-0.3, -0.25) is 0 Å². The maximum atomic E-state index is 4.56. The minimum atomic E-state index is 0.486. The Hall–Kier alpha value is -1.42. The molecule has 1 aliphatic carbocycles. The largest absolute Gasteiger partial charge is 0.340 e. The molecule has 4 heteroatoms. The molecule has 2 aromatic heterocycles. The van der Waals surface area contributed by atoms with Crippen molar-refractivity contribution in [1.29, 1.82) is 0 Å². The van der Waals surface area contributed by atoms with Crippen molar-refractivity contribution in [3.8, 4) is 0 Å². The van der Waals surface area contributed by atoms with E-state index in [1.165, 1.54) is 31.2 Å². The van der Waals surface area contributed by atoms with Crippen LogP contribution in [0.1, 0.15) is 49.0 Å². The lowest BCUT2D eigenvalue weighted by Gasteiger charge is -2.09. The fourth-order valence-electron chi connectivity index (χ4n) is 2.64. The average Bonchev–Trinajstić information content (AvgIpc) is 2.92. The van der Waals surface area contributed by atoms with E-state index in [-0.39, 0.29) is 0 Å². The van der Waals surface area contributed by atoms with Gasteiger partial charge >= 0.3 is 0 Å². The van der Waals surface area contributed by atoms with Crippen molar-refractivity contribution in [2.45, 2.75) is 37.6 Å². The van der Waals surface area contributed by atoms with Gasteiger partial charge in [0, 0.05) is 18.2 Å². The van der Waals surface area contributed by atoms with E-state index in [4.69, 9.17) is 0 Å². The van der Waals surface area contributed by atoms with Crippen molar-refractivity contribution in [2.24, 2.45) is 0 Å². The minimum Gasteiger partial charge on any atom is -0.340 e. The van der Waals surface area contributed by atoms with Crippen LogP contribution in [0.4, 0.5) is 0 Å². The average molecular weight is 228 g/mol. The summed E-state index contributed by atoms with van der Waals surface area (Å²) in [7, 11) is 0. The van der Waals surface area contributed by atoms with Crippen LogP contribution in [0.2, 0.25) is 0 Å². The first kappa shape index (κ1) is 9.59. The molecule has 0 spiro atoms. The number of fused-ring (bicyclic) bond motifs is 1. The Kier molecular flexibility index (Phi) is 1.99. The van der Waals surface area contributed by atoms with Gasteiger partial charge in [0.25, 0.3) is 0 Å². The van der Waals surface area contributed by atoms with E-state index < -0.39 is 0 Å². The van der Waals surface area contributed by atoms with Gasteiger partial charge in [0.05, 0.1) is 5.52 Å². The topological polar surface area (TPSA) is 53.6 Å². The minimum absolute atomic E-state index is 0.486. The lowest BCUT2D eigenvalue weighted by atomic mass is 10.1. The molecule has 1 saturated carbocycles. The summed E-state index contributed by atoms with van der Waals surface area (Å²) in [6.45, 7) is 1.12. The van der Waals surface area contributed by atoms with Gasteiger partial charge in [-0.2, -0.15) is 0 Å². The molecule has 1 aliphatic heterocycles. The molecule has 0 bridgehead atoms. The van der Waals surface area contributed by atoms with E-state index in [0.29, 0.717) is 12.0 Å². The van der Waals surface area contributed by atoms with Crippen LogP contribution < -0.4 is 5.32 Å². The predicted octanol–water partition coefficient (Wildman–Crippen LogP) is 2.26. The first-order valence-electron chi connectivity index (χ1n) is 6.49. The number of rotatable bonds is 2. The summed E-state index contributed by atoms with van der Waals surface area (Å²) in [5, 5.41) is 3.51. The first-order valence-corrected chi connectivity index (χ1v) is 6.49. The molecule has 4 rings (SSSR count). The molecule has 0 amide bonds. The number of hydrogen-bond acceptors (Lipinski definition) is 3. The number of aromatic amines is 1. The van der Waals surface area contributed by atoms with E-state index in [1.807, 2.05) is 6.20 Å². The van der Waals surface area contributed by atoms with Crippen LogP contribution in [0, 0.1) is 0 Å². The van der Waals surface area contributed by atoms with Crippen LogP contribution in [0.3, 0.4) is 0 Å². The van der Waals surface area contributed by atoms with Crippen molar-refractivity contribution >= 4 is 11.2 Å². The second-order valence-corrected chi connectivity index (χ2v) is 5.19. The summed E-state index contributed by atoms with van der Waals surface area (Å²) in [4.78, 5) is 12.4. The predicted molar refractivity (Wildman–Crippen MR) is 65.8 cm³/mol. The van der Waals surface area contributed by atoms with Gasteiger partial charge in [0.15, 0.2) is 5.65 Å². The van der Waals surface area contributed by atoms with Crippen LogP contribution in [0.5, 0.6) is 0 Å². The third-order valence-corrected chi connectivity index (χ3v) is 3.80. The standard InChI is InChI=1S/C13H16N4/c1-2-10(14-5-1)9-6-11-13(15-7-9)17-12(16-11)8-3-4-8/h6-8,10,14H,1-5H2,(H,15,16,17). The summed E-state index contributed by atoms with van der Waals surface area (Å²) < 4.78 is 0. The van der Waals surface area contributed by atoms with Crippen molar-refractivity contribution in [3.05, 3.63) is 23.7 Å². The number of imidazole rings is 1. The Balaban J connectivity index is 1.74. The normalized spacial score (nSPS) is 24.6. The van der Waals surface area contributed by atoms with Gasteiger partial charge in [-0.05, 0) is 43.9 Å². The third kappa shape index (κ3) is 1.63. The molecule has 2 aromatic rings. The highest BCUT2D eigenvalue weighted by Crippen LogP contribution is 2.39. The molecule has 4 nitrogen and oxygen atoms in total. The molecule has 3 heterocycles. The summed E-state index contributed by atoms with van der Waals surface area (Å²) in [5.74, 6) is 1.79. The molecule has 0 radical (unpaired) electrons. The fourth-order valence-corrected chi connectivity index (χ4v) is 2.64. The number of nitrogens with one attached hydrogen (secondary N) is 2. The lowest BCUT2D eigenvalue weighted by molar-refractivity contribution is 0.646. The zero-order valence-corrected chi connectivity index (χ0v) is 9.74. The zero-order chi connectivity index (χ0) is 11.2. The highest BCUT2D eigenvalue weighted by atomic mass is 15.0. The number of aromatic nitrogens is 3. The van der Waals surface area contributed by atoms with Crippen LogP contribution >= 0.6 is 0 Å². The quantitative estimate of drug-likeness (QED) is 0.829. The van der Waals surface area contributed by atoms with Crippen molar-refractivity contribution in [2.75, 3.05) is 6.54 Å². The van der Waals surface area contributed by atoms with E-state index in [1.54, 1.807) is 0 Å². The van der Waals surface area contributed by atoms with E-state index in [0.717, 1.165) is 23.5 Å². The van der Waals surface area contributed by atoms with Crippen LogP contribution in [0.25, 0.3) is 11.2 Å². The highest BCUT2D eigenvalue weighted by Gasteiger charge is 2.27. The molecule has 1 unspecified atom stereocenters. The Morgan fingerprint density at radius 1 is 1.24 bits per heavy atom. The Morgan fingerprint density at radius 3 is 2.94 bits per heavy atom. The van der Waals surface area contributed by atoms with Crippen LogP contribution in [0.15, 0.2) is 12.3 Å². The number of pyridine rings is 1. The Bertz CT molecular complexity index is 550. The first-order chi connectivity index (χ1) is 8.40. The molecule has 1 saturated heterocycles. The van der Waals surface area contributed by atoms with Gasteiger partial charge < -0.3 is 10.3 Å². The number of hydrogen-bond donors (Lipinski definition) is 2. The SMILES string of the molecule is c1nc2nc(C3CC3)[nH]c2cc1C1CCCN1. The summed E-state index contributed by atoms with van der Waals surface area (Å²) in [6.07, 6.45) is 7.01. The summed E-state index contributed by atoms with van der Waals surface area (Å²) in [5.41, 5.74) is 3.26. The third-order valence-electron chi connectivity index (χ3n) is 3.80. The summed E-state index contributed by atoms with van der Waals surface area (Å²) in [6, 6.07) is 2.70. The van der Waals surface area contributed by atoms with Gasteiger partial charge in [0.2, 0.25) is 0 Å². The zero-order valence-electron chi connectivity index (χ0n) is 9.74. The monoisotopic (exact) mass is 228 g/mol. The molecule has 2 N–H and O–H groups in total. The van der Waals surface area contributed by atoms with Crippen LogP contribution in [-0.4, -0.2) is 21.5 Å². The number of H-pyrrole nitrogens is 1. The molecule has 1 atom stereocenters. The Labute approximate surface area is 99.9 Å². The molecular weight excluding hydrogens is 212 g/mol. The van der Waals surface area contributed by atoms with Crippen molar-refractivity contribution in [3.63, 3.8) is 0 Å². The molecule has 17 heavy (non-hydrogen) atoms. The molecule has 0 aromatic carbocycles. The maximum Gasteiger partial charge on any atom is 0.177 e. The molecular formula is C13H16N4. The number of nitrogens with zero attached hydrogens (tertiary/aromatic N) is 2. The van der Waals surface area contributed by atoms with Gasteiger partial charge in [-0.25, -0.2) is 9.97 Å². The maximum absolute atomic E-state index is 4.56. The second kappa shape index (κ2) is 3.53. The molecule has 2 fully saturated rings. The van der Waals surface area contributed by atoms with Crippen LogP contribution in [-0.2, 0) is 0 Å². The van der Waals surface area contributed by atoms with Gasteiger partial charge in [-0.1, -0.05) is 0 Å². The van der Waals surface area contributed by atoms with E-state index in [2.05, 4.69) is 26.3 Å². The van der Waals surface area contributed by atoms with Crippen molar-refractivity contribution in [1.82, 2.24) is 20.3 Å². The smallest absolute Gasteiger partial charge is 0.177 e. The van der Waals surface area contributed by atoms with E-state index in [9.17, 15) is 0 Å². The highest BCUT2D eigenvalue weighted by molar-refractivity contribution is 5.71. The summed E-state index contributed by atoms with van der Waals surface area (Å²) >= 11 is 0. The van der Waals surface area contributed by atoms with Gasteiger partial charge in [-0.15, -0.1) is 0 Å². The lowest BCUT2D eigenvalue weighted by Crippen LogP contribution is -2.12. The second-order valence-electron chi connectivity index (χ2n) is 5.19.